The van der Waals surface area contributed by atoms with Crippen LogP contribution in [0.1, 0.15) is 11.1 Å². The average Bonchev–Trinajstić information content (AvgIpc) is 2.76. The molecular formula is C20H20Cl2N6S2. The van der Waals surface area contributed by atoms with Crippen LogP contribution in [0.5, 0.6) is 0 Å². The van der Waals surface area contributed by atoms with E-state index >= 15 is 0 Å². The minimum Gasteiger partial charge on any atom is -0.344 e. The molecule has 1 fully saturated rings. The fourth-order valence-electron chi connectivity index (χ4n) is 2.68. The van der Waals surface area contributed by atoms with Gasteiger partial charge in [-0.15, -0.1) is 0 Å². The first-order valence-corrected chi connectivity index (χ1v) is 10.8. The molecule has 6 nitrogen and oxygen atoms in total. The topological polar surface area (TPSA) is 55.3 Å². The van der Waals surface area contributed by atoms with E-state index in [-0.39, 0.29) is 0 Å². The Bertz CT molecular complexity index is 846. The quantitative estimate of drug-likeness (QED) is 0.396. The molecule has 156 valence electrons. The van der Waals surface area contributed by atoms with Crippen LogP contribution in [-0.4, -0.2) is 58.6 Å². The Morgan fingerprint density at radius 2 is 1.03 bits per heavy atom. The lowest BCUT2D eigenvalue weighted by atomic mass is 10.2. The molecule has 0 spiro atoms. The van der Waals surface area contributed by atoms with Gasteiger partial charge in [-0.2, -0.15) is 10.2 Å². The molecule has 0 aromatic heterocycles. The van der Waals surface area contributed by atoms with Gasteiger partial charge in [0, 0.05) is 36.2 Å². The number of hydrazone groups is 2. The van der Waals surface area contributed by atoms with Crippen molar-refractivity contribution in [2.45, 2.75) is 0 Å². The van der Waals surface area contributed by atoms with Crippen LogP contribution in [0.2, 0.25) is 10.0 Å². The zero-order valence-corrected chi connectivity index (χ0v) is 19.1. The number of hydrogen-bond donors (Lipinski definition) is 2. The standard InChI is InChI=1S/C20H20Cl2N6S2/c21-17-5-1-15(2-6-17)13-23-25-19(29)27-9-11-28(12-10-27)20(30)26-24-14-16-3-7-18(22)8-4-16/h1-8,13-14H,9-12H2,(H,25,29)(H,26,30)/b23-13+,24-14+. The van der Waals surface area contributed by atoms with Gasteiger partial charge in [0.1, 0.15) is 0 Å². The second-order valence-electron chi connectivity index (χ2n) is 6.43. The van der Waals surface area contributed by atoms with Crippen molar-refractivity contribution < 1.29 is 0 Å². The zero-order valence-electron chi connectivity index (χ0n) is 16.0. The van der Waals surface area contributed by atoms with Gasteiger partial charge >= 0.3 is 0 Å². The third-order valence-electron chi connectivity index (χ3n) is 4.34. The number of nitrogens with one attached hydrogen (secondary N) is 2. The SMILES string of the molecule is S=C(N/N=C/c1ccc(Cl)cc1)N1CCN(C(=S)N/N=C/c2ccc(Cl)cc2)CC1. The van der Waals surface area contributed by atoms with Crippen molar-refractivity contribution >= 4 is 70.3 Å². The number of halogens is 2. The van der Waals surface area contributed by atoms with E-state index in [1.54, 1.807) is 12.4 Å². The summed E-state index contributed by atoms with van der Waals surface area (Å²) in [7, 11) is 0. The molecule has 30 heavy (non-hydrogen) atoms. The van der Waals surface area contributed by atoms with Gasteiger partial charge in [0.15, 0.2) is 10.2 Å². The van der Waals surface area contributed by atoms with Crippen molar-refractivity contribution in [3.63, 3.8) is 0 Å². The van der Waals surface area contributed by atoms with Crippen molar-refractivity contribution in [1.82, 2.24) is 20.7 Å². The van der Waals surface area contributed by atoms with Gasteiger partial charge in [-0.25, -0.2) is 0 Å². The van der Waals surface area contributed by atoms with E-state index < -0.39 is 0 Å². The van der Waals surface area contributed by atoms with E-state index in [0.29, 0.717) is 20.3 Å². The van der Waals surface area contributed by atoms with Crippen LogP contribution in [0.15, 0.2) is 58.7 Å². The van der Waals surface area contributed by atoms with Gasteiger partial charge in [-0.05, 0) is 59.8 Å². The molecule has 2 N–H and O–H groups in total. The van der Waals surface area contributed by atoms with Gasteiger partial charge < -0.3 is 9.80 Å². The summed E-state index contributed by atoms with van der Waals surface area (Å²) >= 11 is 22.6. The van der Waals surface area contributed by atoms with Crippen LogP contribution in [0.3, 0.4) is 0 Å². The van der Waals surface area contributed by atoms with Gasteiger partial charge in [0.25, 0.3) is 0 Å². The second-order valence-corrected chi connectivity index (χ2v) is 8.07. The molecule has 0 unspecified atom stereocenters. The number of rotatable bonds is 4. The molecule has 2 aromatic carbocycles. The van der Waals surface area contributed by atoms with Crippen molar-refractivity contribution in [3.8, 4) is 0 Å². The van der Waals surface area contributed by atoms with Crippen LogP contribution >= 0.6 is 47.6 Å². The third-order valence-corrected chi connectivity index (χ3v) is 5.54. The van der Waals surface area contributed by atoms with Crippen molar-refractivity contribution in [3.05, 3.63) is 69.7 Å². The number of thiocarbonyl (C=S) groups is 2. The highest BCUT2D eigenvalue weighted by molar-refractivity contribution is 7.80. The molecule has 1 saturated heterocycles. The molecule has 2 aromatic rings. The van der Waals surface area contributed by atoms with Gasteiger partial charge in [-0.1, -0.05) is 47.5 Å². The summed E-state index contributed by atoms with van der Waals surface area (Å²) in [5.41, 5.74) is 7.70. The Morgan fingerprint density at radius 1 is 0.700 bits per heavy atom. The second kappa shape index (κ2) is 11.2. The van der Waals surface area contributed by atoms with Crippen molar-refractivity contribution in [1.29, 1.82) is 0 Å². The lowest BCUT2D eigenvalue weighted by Gasteiger charge is -2.36. The first kappa shape index (κ1) is 22.4. The average molecular weight is 479 g/mol. The Labute approximate surface area is 196 Å². The minimum absolute atomic E-state index is 0.583. The van der Waals surface area contributed by atoms with Gasteiger partial charge in [0.2, 0.25) is 0 Å². The fourth-order valence-corrected chi connectivity index (χ4v) is 3.40. The van der Waals surface area contributed by atoms with Crippen LogP contribution in [0, 0.1) is 0 Å². The molecule has 0 saturated carbocycles. The normalized spacial score (nSPS) is 14.3. The van der Waals surface area contributed by atoms with Crippen LogP contribution < -0.4 is 10.9 Å². The predicted octanol–water partition coefficient (Wildman–Crippen LogP) is 3.73. The molecule has 0 aliphatic carbocycles. The van der Waals surface area contributed by atoms with E-state index in [1.807, 2.05) is 48.5 Å². The maximum absolute atomic E-state index is 5.88. The number of piperazine rings is 1. The Balaban J connectivity index is 1.40. The summed E-state index contributed by atoms with van der Waals surface area (Å²) in [6, 6.07) is 14.8. The molecule has 10 heteroatoms. The van der Waals surface area contributed by atoms with Crippen LogP contribution in [-0.2, 0) is 0 Å². The summed E-state index contributed by atoms with van der Waals surface area (Å²) in [5.74, 6) is 0. The molecule has 1 heterocycles. The highest BCUT2D eigenvalue weighted by atomic mass is 35.5. The third kappa shape index (κ3) is 6.91. The highest BCUT2D eigenvalue weighted by Crippen LogP contribution is 2.09. The van der Waals surface area contributed by atoms with E-state index in [0.717, 1.165) is 37.3 Å². The molecular weight excluding hydrogens is 459 g/mol. The molecule has 3 rings (SSSR count). The first-order chi connectivity index (χ1) is 14.5. The van der Waals surface area contributed by atoms with Crippen molar-refractivity contribution in [2.75, 3.05) is 26.2 Å². The zero-order chi connectivity index (χ0) is 21.3. The van der Waals surface area contributed by atoms with Gasteiger partial charge in [0.05, 0.1) is 12.4 Å². The van der Waals surface area contributed by atoms with E-state index in [2.05, 4.69) is 30.9 Å². The molecule has 1 aliphatic heterocycles. The maximum Gasteiger partial charge on any atom is 0.189 e. The fraction of sp³-hybridized carbons (Fsp3) is 0.200. The monoisotopic (exact) mass is 478 g/mol. The highest BCUT2D eigenvalue weighted by Gasteiger charge is 2.20. The number of nitrogens with zero attached hydrogens (tertiary/aromatic N) is 4. The first-order valence-electron chi connectivity index (χ1n) is 9.18. The largest absolute Gasteiger partial charge is 0.344 e. The molecule has 0 amide bonds. The Kier molecular flexibility index (Phi) is 8.39. The smallest absolute Gasteiger partial charge is 0.189 e. The van der Waals surface area contributed by atoms with Crippen LogP contribution in [0.25, 0.3) is 0 Å². The number of hydrogen-bond acceptors (Lipinski definition) is 4. The number of benzene rings is 2. The summed E-state index contributed by atoms with van der Waals surface area (Å²) in [5, 5.41) is 10.9. The predicted molar refractivity (Wildman–Crippen MR) is 133 cm³/mol. The summed E-state index contributed by atoms with van der Waals surface area (Å²) in [6.07, 6.45) is 3.41. The van der Waals surface area contributed by atoms with Crippen LogP contribution in [0.4, 0.5) is 0 Å². The molecule has 0 radical (unpaired) electrons. The molecule has 1 aliphatic rings. The Morgan fingerprint density at radius 3 is 1.37 bits per heavy atom. The minimum atomic E-state index is 0.583. The Hall–Kier alpha value is -2.26. The van der Waals surface area contributed by atoms with E-state index in [9.17, 15) is 0 Å². The summed E-state index contributed by atoms with van der Waals surface area (Å²) in [4.78, 5) is 4.12. The van der Waals surface area contributed by atoms with Gasteiger partial charge in [-0.3, -0.25) is 10.9 Å². The van der Waals surface area contributed by atoms with Crippen molar-refractivity contribution in [2.24, 2.45) is 10.2 Å². The molecule has 0 bridgehead atoms. The maximum atomic E-state index is 5.88. The summed E-state index contributed by atoms with van der Waals surface area (Å²) in [6.45, 7) is 2.96. The molecule has 0 atom stereocenters. The summed E-state index contributed by atoms with van der Waals surface area (Å²) < 4.78 is 0. The van der Waals surface area contributed by atoms with E-state index in [4.69, 9.17) is 47.6 Å². The lowest BCUT2D eigenvalue weighted by Crippen LogP contribution is -2.53. The van der Waals surface area contributed by atoms with E-state index in [1.165, 1.54) is 0 Å². The lowest BCUT2D eigenvalue weighted by molar-refractivity contribution is 0.255.